The molecule has 20 heavy (non-hydrogen) atoms. The van der Waals surface area contributed by atoms with Gasteiger partial charge < -0.3 is 14.9 Å². The van der Waals surface area contributed by atoms with E-state index in [0.29, 0.717) is 12.0 Å². The number of urea groups is 1. The van der Waals surface area contributed by atoms with E-state index in [9.17, 15) is 14.7 Å². The van der Waals surface area contributed by atoms with Gasteiger partial charge in [0, 0.05) is 19.6 Å². The molecule has 1 aliphatic heterocycles. The topological polar surface area (TPSA) is 60.9 Å². The highest BCUT2D eigenvalue weighted by atomic mass is 16.4. The maximum Gasteiger partial charge on any atom is 0.329 e. The van der Waals surface area contributed by atoms with Gasteiger partial charge in [-0.25, -0.2) is 9.59 Å². The van der Waals surface area contributed by atoms with Gasteiger partial charge in [0.05, 0.1) is 0 Å². The first-order valence-corrected chi connectivity index (χ1v) is 7.63. The van der Waals surface area contributed by atoms with Gasteiger partial charge in [-0.1, -0.05) is 12.8 Å². The highest BCUT2D eigenvalue weighted by Crippen LogP contribution is 2.36. The molecule has 0 radical (unpaired) electrons. The van der Waals surface area contributed by atoms with Crippen molar-refractivity contribution in [3.63, 3.8) is 0 Å². The van der Waals surface area contributed by atoms with Crippen molar-refractivity contribution in [2.24, 2.45) is 5.92 Å². The number of carboxylic acid groups (broad SMARTS) is 1. The molecule has 1 N–H and O–H groups in total. The highest BCUT2D eigenvalue weighted by molar-refractivity contribution is 5.85. The average Bonchev–Trinajstić information content (AvgIpc) is 3.06. The summed E-state index contributed by atoms with van der Waals surface area (Å²) in [6, 6.07) is 0.184. The van der Waals surface area contributed by atoms with Crippen LogP contribution in [0.5, 0.6) is 0 Å². The molecule has 2 rings (SSSR count). The number of nitrogens with zero attached hydrogens (tertiary/aromatic N) is 2. The van der Waals surface area contributed by atoms with E-state index in [-0.39, 0.29) is 6.03 Å². The van der Waals surface area contributed by atoms with Crippen molar-refractivity contribution in [2.45, 2.75) is 64.0 Å². The van der Waals surface area contributed by atoms with Crippen molar-refractivity contribution in [1.29, 1.82) is 0 Å². The number of carboxylic acids is 1. The lowest BCUT2D eigenvalue weighted by molar-refractivity contribution is -0.147. The Morgan fingerprint density at radius 3 is 2.30 bits per heavy atom. The molecule has 114 valence electrons. The molecule has 2 aliphatic rings. The molecule has 0 bridgehead atoms. The summed E-state index contributed by atoms with van der Waals surface area (Å²) in [5, 5.41) is 9.27. The Kier molecular flexibility index (Phi) is 4.25. The monoisotopic (exact) mass is 282 g/mol. The van der Waals surface area contributed by atoms with Crippen LogP contribution in [-0.2, 0) is 4.79 Å². The van der Waals surface area contributed by atoms with Crippen LogP contribution in [0.1, 0.15) is 52.4 Å². The SMILES string of the molecule is CN(C(=O)N1CCCC1C1CCCC1)C(C)(C)C(=O)O. The fourth-order valence-corrected chi connectivity index (χ4v) is 3.44. The zero-order valence-electron chi connectivity index (χ0n) is 12.8. The minimum absolute atomic E-state index is 0.133. The van der Waals surface area contributed by atoms with Gasteiger partial charge in [-0.05, 0) is 45.4 Å². The van der Waals surface area contributed by atoms with Crippen molar-refractivity contribution in [1.82, 2.24) is 9.80 Å². The van der Waals surface area contributed by atoms with Gasteiger partial charge >= 0.3 is 12.0 Å². The molecule has 5 nitrogen and oxygen atoms in total. The summed E-state index contributed by atoms with van der Waals surface area (Å²) in [4.78, 5) is 27.3. The Labute approximate surface area is 120 Å². The van der Waals surface area contributed by atoms with Crippen LogP contribution >= 0.6 is 0 Å². The third kappa shape index (κ3) is 2.63. The summed E-state index contributed by atoms with van der Waals surface area (Å²) >= 11 is 0. The lowest BCUT2D eigenvalue weighted by Crippen LogP contribution is -2.56. The van der Waals surface area contributed by atoms with E-state index < -0.39 is 11.5 Å². The standard InChI is InChI=1S/C15H26N2O3/c1-15(2,13(18)19)16(3)14(20)17-10-6-9-12(17)11-7-4-5-8-11/h11-12H,4-10H2,1-3H3,(H,18,19). The number of hydrogen-bond donors (Lipinski definition) is 1. The number of likely N-dealkylation sites (N-methyl/N-ethyl adjacent to an activating group) is 1. The van der Waals surface area contributed by atoms with Crippen LogP contribution in [0.3, 0.4) is 0 Å². The summed E-state index contributed by atoms with van der Waals surface area (Å²) in [5.41, 5.74) is -1.17. The second-order valence-corrected chi connectivity index (χ2v) is 6.65. The van der Waals surface area contributed by atoms with Crippen LogP contribution < -0.4 is 0 Å². The number of aliphatic carboxylic acids is 1. The number of amides is 2. The third-order valence-corrected chi connectivity index (χ3v) is 5.14. The molecule has 1 heterocycles. The zero-order chi connectivity index (χ0) is 14.9. The summed E-state index contributed by atoms with van der Waals surface area (Å²) in [6.07, 6.45) is 7.05. The van der Waals surface area contributed by atoms with Crippen LogP contribution in [-0.4, -0.2) is 52.1 Å². The normalized spacial score (nSPS) is 24.1. The maximum absolute atomic E-state index is 12.7. The van der Waals surface area contributed by atoms with E-state index in [4.69, 9.17) is 0 Å². The van der Waals surface area contributed by atoms with Gasteiger partial charge in [-0.2, -0.15) is 0 Å². The Hall–Kier alpha value is -1.26. The number of carbonyl (C=O) groups excluding carboxylic acids is 1. The molecule has 0 spiro atoms. The summed E-state index contributed by atoms with van der Waals surface area (Å²) < 4.78 is 0. The first-order chi connectivity index (χ1) is 9.35. The van der Waals surface area contributed by atoms with Gasteiger partial charge in [0.15, 0.2) is 0 Å². The predicted octanol–water partition coefficient (Wildman–Crippen LogP) is 2.56. The van der Waals surface area contributed by atoms with E-state index in [2.05, 4.69) is 0 Å². The van der Waals surface area contributed by atoms with Crippen LogP contribution in [0.4, 0.5) is 4.79 Å². The summed E-state index contributed by atoms with van der Waals surface area (Å²) in [6.45, 7) is 3.92. The van der Waals surface area contributed by atoms with Gasteiger partial charge in [0.1, 0.15) is 5.54 Å². The van der Waals surface area contributed by atoms with Crippen molar-refractivity contribution >= 4 is 12.0 Å². The van der Waals surface area contributed by atoms with Gasteiger partial charge in [-0.15, -0.1) is 0 Å². The van der Waals surface area contributed by atoms with Gasteiger partial charge in [0.25, 0.3) is 0 Å². The quantitative estimate of drug-likeness (QED) is 0.865. The fraction of sp³-hybridized carbons (Fsp3) is 0.867. The molecule has 2 fully saturated rings. The number of hydrogen-bond acceptors (Lipinski definition) is 2. The second-order valence-electron chi connectivity index (χ2n) is 6.65. The molecule has 1 aliphatic carbocycles. The smallest absolute Gasteiger partial charge is 0.329 e. The molecule has 0 aromatic rings. The molecular formula is C15H26N2O3. The molecule has 1 saturated heterocycles. The molecule has 1 saturated carbocycles. The van der Waals surface area contributed by atoms with Crippen molar-refractivity contribution in [3.05, 3.63) is 0 Å². The number of rotatable bonds is 3. The fourth-order valence-electron chi connectivity index (χ4n) is 3.44. The van der Waals surface area contributed by atoms with E-state index >= 15 is 0 Å². The molecule has 1 atom stereocenters. The van der Waals surface area contributed by atoms with Crippen molar-refractivity contribution < 1.29 is 14.7 Å². The van der Waals surface area contributed by atoms with E-state index in [0.717, 1.165) is 19.4 Å². The highest BCUT2D eigenvalue weighted by Gasteiger charge is 2.42. The third-order valence-electron chi connectivity index (χ3n) is 5.14. The zero-order valence-corrected chi connectivity index (χ0v) is 12.8. The first-order valence-electron chi connectivity index (χ1n) is 7.63. The van der Waals surface area contributed by atoms with Crippen LogP contribution in [0.2, 0.25) is 0 Å². The van der Waals surface area contributed by atoms with E-state index in [1.165, 1.54) is 30.6 Å². The Balaban J connectivity index is 2.09. The number of likely N-dealkylation sites (tertiary alicyclic amines) is 1. The second kappa shape index (κ2) is 5.62. The van der Waals surface area contributed by atoms with E-state index in [1.54, 1.807) is 20.9 Å². The lowest BCUT2D eigenvalue weighted by atomic mass is 9.96. The van der Waals surface area contributed by atoms with Crippen LogP contribution in [0.25, 0.3) is 0 Å². The van der Waals surface area contributed by atoms with Crippen molar-refractivity contribution in [2.75, 3.05) is 13.6 Å². The largest absolute Gasteiger partial charge is 0.480 e. The average molecular weight is 282 g/mol. The minimum atomic E-state index is -1.17. The molecule has 1 unspecified atom stereocenters. The molecule has 0 aromatic heterocycles. The first kappa shape index (κ1) is 15.1. The van der Waals surface area contributed by atoms with Crippen LogP contribution in [0.15, 0.2) is 0 Å². The number of carbonyl (C=O) groups is 2. The van der Waals surface area contributed by atoms with E-state index in [1.807, 2.05) is 4.90 Å². The molecule has 2 amide bonds. The summed E-state index contributed by atoms with van der Waals surface area (Å²) in [7, 11) is 1.60. The van der Waals surface area contributed by atoms with Crippen LogP contribution in [0, 0.1) is 5.92 Å². The Morgan fingerprint density at radius 1 is 1.15 bits per heavy atom. The van der Waals surface area contributed by atoms with Gasteiger partial charge in [-0.3, -0.25) is 0 Å². The van der Waals surface area contributed by atoms with Gasteiger partial charge in [0.2, 0.25) is 0 Å². The van der Waals surface area contributed by atoms with Crippen molar-refractivity contribution in [3.8, 4) is 0 Å². The summed E-state index contributed by atoms with van der Waals surface area (Å²) in [5.74, 6) is -0.354. The lowest BCUT2D eigenvalue weighted by Gasteiger charge is -2.38. The minimum Gasteiger partial charge on any atom is -0.480 e. The predicted molar refractivity (Wildman–Crippen MR) is 76.6 cm³/mol. The molecule has 5 heteroatoms. The Bertz CT molecular complexity index is 389. The molecular weight excluding hydrogens is 256 g/mol. The maximum atomic E-state index is 12.7. The Morgan fingerprint density at radius 2 is 1.75 bits per heavy atom. The molecule has 0 aromatic carbocycles.